The molecule has 0 aliphatic heterocycles. The van der Waals surface area contributed by atoms with E-state index in [0.29, 0.717) is 5.92 Å². The maximum absolute atomic E-state index is 5.94. The maximum Gasteiger partial charge on any atom is 0.0442 e. The average Bonchev–Trinajstić information content (AvgIpc) is 2.02. The number of rotatable bonds is 3. The van der Waals surface area contributed by atoms with Crippen molar-refractivity contribution in [3.05, 3.63) is 28.5 Å². The highest BCUT2D eigenvalue weighted by molar-refractivity contribution is 6.30. The summed E-state index contributed by atoms with van der Waals surface area (Å²) < 4.78 is 0. The van der Waals surface area contributed by atoms with Crippen molar-refractivity contribution in [1.29, 1.82) is 0 Å². The third-order valence-corrected chi connectivity index (χ3v) is 2.44. The predicted octanol–water partition coefficient (Wildman–Crippen LogP) is 3.63. The molecule has 0 fully saturated rings. The summed E-state index contributed by atoms with van der Waals surface area (Å²) in [6.45, 7) is 6.41. The Kier molecular flexibility index (Phi) is 3.73. The number of hydrogen-bond donors (Lipinski definition) is 0. The Balaban J connectivity index is 2.77. The molecule has 72 valence electrons. The number of aryl methyl sites for hydroxylation is 1. The Morgan fingerprint density at radius 2 is 2.15 bits per heavy atom. The van der Waals surface area contributed by atoms with Crippen molar-refractivity contribution in [3.8, 4) is 0 Å². The van der Waals surface area contributed by atoms with Crippen molar-refractivity contribution in [3.63, 3.8) is 0 Å². The molecule has 13 heavy (non-hydrogen) atoms. The van der Waals surface area contributed by atoms with E-state index in [2.05, 4.69) is 18.8 Å². The van der Waals surface area contributed by atoms with Crippen molar-refractivity contribution < 1.29 is 0 Å². The van der Waals surface area contributed by atoms with E-state index in [1.165, 1.54) is 6.42 Å². The molecule has 0 spiro atoms. The number of hydrogen-bond acceptors (Lipinski definition) is 1. The molecule has 1 heterocycles. The minimum atomic E-state index is 0.686. The molecule has 2 heteroatoms. The van der Waals surface area contributed by atoms with Crippen LogP contribution in [0, 0.1) is 12.8 Å². The van der Waals surface area contributed by atoms with Crippen LogP contribution in [0.5, 0.6) is 0 Å². The first-order chi connectivity index (χ1) is 6.11. The first-order valence-electron chi connectivity index (χ1n) is 4.75. The Labute approximate surface area is 85.1 Å². The van der Waals surface area contributed by atoms with Gasteiger partial charge in [0.25, 0.3) is 0 Å². The van der Waals surface area contributed by atoms with E-state index in [1.807, 2.05) is 19.1 Å². The van der Waals surface area contributed by atoms with Gasteiger partial charge in [-0.15, -0.1) is 0 Å². The minimum Gasteiger partial charge on any atom is -0.258 e. The van der Waals surface area contributed by atoms with Crippen LogP contribution in [-0.2, 0) is 6.42 Å². The highest BCUT2D eigenvalue weighted by atomic mass is 35.5. The molecule has 0 radical (unpaired) electrons. The molecule has 0 bridgehead atoms. The first kappa shape index (κ1) is 10.5. The zero-order valence-electron chi connectivity index (χ0n) is 8.47. The van der Waals surface area contributed by atoms with Crippen LogP contribution in [0.2, 0.25) is 5.02 Å². The van der Waals surface area contributed by atoms with Gasteiger partial charge in [-0.1, -0.05) is 31.9 Å². The van der Waals surface area contributed by atoms with Gasteiger partial charge in [0, 0.05) is 16.4 Å². The lowest BCUT2D eigenvalue weighted by Gasteiger charge is -2.08. The normalized spacial score (nSPS) is 12.9. The second-order valence-corrected chi connectivity index (χ2v) is 4.07. The smallest absolute Gasteiger partial charge is 0.0442 e. The molecule has 0 saturated carbocycles. The summed E-state index contributed by atoms with van der Waals surface area (Å²) in [6.07, 6.45) is 2.21. The largest absolute Gasteiger partial charge is 0.258 e. The second kappa shape index (κ2) is 4.61. The fourth-order valence-corrected chi connectivity index (χ4v) is 1.58. The van der Waals surface area contributed by atoms with E-state index in [9.17, 15) is 0 Å². The standard InChI is InChI=1S/C11H16ClN/c1-4-8(2)5-11-7-10(12)6-9(3)13-11/h6-8H,4-5H2,1-3H3. The van der Waals surface area contributed by atoms with Crippen molar-refractivity contribution in [1.82, 2.24) is 4.98 Å². The number of pyridine rings is 1. The van der Waals surface area contributed by atoms with E-state index < -0.39 is 0 Å². The molecule has 1 aromatic rings. The number of halogens is 1. The third kappa shape index (κ3) is 3.35. The van der Waals surface area contributed by atoms with Crippen LogP contribution in [0.4, 0.5) is 0 Å². The fourth-order valence-electron chi connectivity index (χ4n) is 1.30. The monoisotopic (exact) mass is 197 g/mol. The molecule has 1 atom stereocenters. The Bertz CT molecular complexity index is 263. The molecule has 0 N–H and O–H groups in total. The zero-order valence-corrected chi connectivity index (χ0v) is 9.23. The van der Waals surface area contributed by atoms with E-state index in [1.54, 1.807) is 0 Å². The van der Waals surface area contributed by atoms with Gasteiger partial charge >= 0.3 is 0 Å². The first-order valence-corrected chi connectivity index (χ1v) is 5.12. The van der Waals surface area contributed by atoms with Crippen molar-refractivity contribution in [2.75, 3.05) is 0 Å². The summed E-state index contributed by atoms with van der Waals surface area (Å²) in [7, 11) is 0. The Morgan fingerprint density at radius 1 is 1.46 bits per heavy atom. The molecular formula is C11H16ClN. The van der Waals surface area contributed by atoms with Gasteiger partial charge in [0.2, 0.25) is 0 Å². The minimum absolute atomic E-state index is 0.686. The summed E-state index contributed by atoms with van der Waals surface area (Å²) in [4.78, 5) is 4.44. The van der Waals surface area contributed by atoms with Gasteiger partial charge in [0.15, 0.2) is 0 Å². The lowest BCUT2D eigenvalue weighted by Crippen LogP contribution is -2.00. The maximum atomic E-state index is 5.94. The molecular weight excluding hydrogens is 182 g/mol. The summed E-state index contributed by atoms with van der Waals surface area (Å²) >= 11 is 5.94. The van der Waals surface area contributed by atoms with E-state index >= 15 is 0 Å². The van der Waals surface area contributed by atoms with Crippen molar-refractivity contribution in [2.45, 2.75) is 33.6 Å². The van der Waals surface area contributed by atoms with E-state index in [4.69, 9.17) is 11.6 Å². The van der Waals surface area contributed by atoms with Crippen LogP contribution in [0.1, 0.15) is 31.7 Å². The van der Waals surface area contributed by atoms with Crippen LogP contribution in [0.3, 0.4) is 0 Å². The third-order valence-electron chi connectivity index (χ3n) is 2.23. The van der Waals surface area contributed by atoms with Crippen LogP contribution < -0.4 is 0 Å². The highest BCUT2D eigenvalue weighted by Gasteiger charge is 2.03. The van der Waals surface area contributed by atoms with Gasteiger partial charge in [-0.3, -0.25) is 4.98 Å². The molecule has 1 aromatic heterocycles. The summed E-state index contributed by atoms with van der Waals surface area (Å²) in [5.74, 6) is 0.686. The van der Waals surface area contributed by atoms with E-state index in [0.717, 1.165) is 22.8 Å². The van der Waals surface area contributed by atoms with E-state index in [-0.39, 0.29) is 0 Å². The molecule has 0 saturated heterocycles. The number of aromatic nitrogens is 1. The second-order valence-electron chi connectivity index (χ2n) is 3.64. The van der Waals surface area contributed by atoms with Crippen molar-refractivity contribution >= 4 is 11.6 Å². The van der Waals surface area contributed by atoms with Gasteiger partial charge in [-0.2, -0.15) is 0 Å². The Morgan fingerprint density at radius 3 is 2.69 bits per heavy atom. The molecule has 1 rings (SSSR count). The van der Waals surface area contributed by atoms with Crippen LogP contribution in [-0.4, -0.2) is 4.98 Å². The van der Waals surface area contributed by atoms with Crippen LogP contribution in [0.25, 0.3) is 0 Å². The van der Waals surface area contributed by atoms with Gasteiger partial charge in [0.05, 0.1) is 0 Å². The fraction of sp³-hybridized carbons (Fsp3) is 0.545. The Hall–Kier alpha value is -0.560. The summed E-state index contributed by atoms with van der Waals surface area (Å²) in [5.41, 5.74) is 2.12. The SMILES string of the molecule is CCC(C)Cc1cc(Cl)cc(C)n1. The lowest BCUT2D eigenvalue weighted by atomic mass is 10.0. The zero-order chi connectivity index (χ0) is 9.84. The lowest BCUT2D eigenvalue weighted by molar-refractivity contribution is 0.552. The van der Waals surface area contributed by atoms with Crippen LogP contribution in [0.15, 0.2) is 12.1 Å². The van der Waals surface area contributed by atoms with Gasteiger partial charge in [-0.05, 0) is 31.4 Å². The molecule has 0 aliphatic carbocycles. The predicted molar refractivity (Wildman–Crippen MR) is 57.1 cm³/mol. The topological polar surface area (TPSA) is 12.9 Å². The van der Waals surface area contributed by atoms with Gasteiger partial charge in [0.1, 0.15) is 0 Å². The summed E-state index contributed by atoms with van der Waals surface area (Å²) in [6, 6.07) is 3.85. The van der Waals surface area contributed by atoms with Gasteiger partial charge in [-0.25, -0.2) is 0 Å². The van der Waals surface area contributed by atoms with Crippen molar-refractivity contribution in [2.24, 2.45) is 5.92 Å². The van der Waals surface area contributed by atoms with Crippen LogP contribution >= 0.6 is 11.6 Å². The molecule has 0 aromatic carbocycles. The molecule has 1 unspecified atom stereocenters. The summed E-state index contributed by atoms with van der Waals surface area (Å²) in [5, 5.41) is 0.797. The highest BCUT2D eigenvalue weighted by Crippen LogP contribution is 2.15. The molecule has 0 amide bonds. The van der Waals surface area contributed by atoms with Gasteiger partial charge < -0.3 is 0 Å². The quantitative estimate of drug-likeness (QED) is 0.721. The molecule has 1 nitrogen and oxygen atoms in total. The molecule has 0 aliphatic rings. The average molecular weight is 198 g/mol. The number of nitrogens with zero attached hydrogens (tertiary/aromatic N) is 1.